The number of carboxylic acids is 1. The number of nitrogens with two attached hydrogens (primary N) is 4. The van der Waals surface area contributed by atoms with E-state index in [1.165, 1.54) is 20.8 Å². The van der Waals surface area contributed by atoms with Crippen LogP contribution in [-0.2, 0) is 59.2 Å². The molecule has 0 saturated heterocycles. The molecular formula is C60H106N14O12. The first-order valence-corrected chi connectivity index (χ1v) is 30.6. The third kappa shape index (κ3) is 31.0. The van der Waals surface area contributed by atoms with Gasteiger partial charge >= 0.3 is 5.97 Å². The molecule has 0 bridgehead atoms. The fourth-order valence-electron chi connectivity index (χ4n) is 9.18. The van der Waals surface area contributed by atoms with Crippen molar-refractivity contribution in [2.75, 3.05) is 19.6 Å². The lowest BCUT2D eigenvalue weighted by Crippen LogP contribution is -2.60. The first kappa shape index (κ1) is 77.2. The number of carboxylic acid groups (broad SMARTS) is 1. The monoisotopic (exact) mass is 1210 g/mol. The molecule has 1 aromatic rings. The van der Waals surface area contributed by atoms with Crippen LogP contribution in [-0.4, -0.2) is 156 Å². The van der Waals surface area contributed by atoms with Gasteiger partial charge in [0, 0.05) is 6.42 Å². The van der Waals surface area contributed by atoms with Crippen molar-refractivity contribution < 1.29 is 57.8 Å². The number of aliphatic carboxylic acids is 1. The number of nitrogens with one attached hydrogen (secondary N) is 10. The van der Waals surface area contributed by atoms with E-state index >= 15 is 0 Å². The lowest BCUT2D eigenvalue weighted by Gasteiger charge is -2.28. The van der Waals surface area contributed by atoms with Gasteiger partial charge in [0.05, 0.1) is 6.04 Å². The van der Waals surface area contributed by atoms with Crippen LogP contribution in [0.5, 0.6) is 0 Å². The van der Waals surface area contributed by atoms with Crippen molar-refractivity contribution >= 4 is 65.0 Å². The Hall–Kier alpha value is -6.77. The first-order chi connectivity index (χ1) is 40.4. The van der Waals surface area contributed by atoms with E-state index in [9.17, 15) is 57.8 Å². The molecule has 10 amide bonds. The molecule has 0 aliphatic rings. The van der Waals surface area contributed by atoms with E-state index in [1.54, 1.807) is 30.3 Å². The highest BCUT2D eigenvalue weighted by Crippen LogP contribution is 2.14. The summed E-state index contributed by atoms with van der Waals surface area (Å²) in [5.74, 6) is -8.57. The van der Waals surface area contributed by atoms with Crippen molar-refractivity contribution in [2.45, 2.75) is 233 Å². The number of hydrogen-bond acceptors (Lipinski definition) is 15. The zero-order chi connectivity index (χ0) is 65.2. The van der Waals surface area contributed by atoms with Crippen molar-refractivity contribution in [3.8, 4) is 0 Å². The highest BCUT2D eigenvalue weighted by Gasteiger charge is 2.35. The van der Waals surface area contributed by atoms with Crippen LogP contribution >= 0.6 is 0 Å². The third-order valence-electron chi connectivity index (χ3n) is 14.0. The lowest BCUT2D eigenvalue weighted by atomic mass is 10.0. The highest BCUT2D eigenvalue weighted by molar-refractivity contribution is 5.98. The second-order valence-electron chi connectivity index (χ2n) is 24.1. The number of carbonyl (C=O) groups is 11. The fourth-order valence-corrected chi connectivity index (χ4v) is 9.18. The van der Waals surface area contributed by atoms with Crippen LogP contribution in [0.15, 0.2) is 30.3 Å². The predicted molar refractivity (Wildman–Crippen MR) is 329 cm³/mol. The largest absolute Gasteiger partial charge is 0.480 e. The smallest absolute Gasteiger partial charge is 0.326 e. The molecule has 19 N–H and O–H groups in total. The van der Waals surface area contributed by atoms with Crippen molar-refractivity contribution in [1.29, 1.82) is 0 Å². The molecule has 0 aliphatic heterocycles. The van der Waals surface area contributed by atoms with Gasteiger partial charge in [-0.05, 0) is 153 Å². The van der Waals surface area contributed by atoms with Crippen LogP contribution in [0.1, 0.15) is 165 Å². The summed E-state index contributed by atoms with van der Waals surface area (Å²) in [6, 6.07) is -4.12. The Morgan fingerprint density at radius 3 is 0.919 bits per heavy atom. The summed E-state index contributed by atoms with van der Waals surface area (Å²) < 4.78 is 0. The van der Waals surface area contributed by atoms with E-state index < -0.39 is 132 Å². The quantitative estimate of drug-likeness (QED) is 0.0386. The first-order valence-electron chi connectivity index (χ1n) is 30.6. The maximum absolute atomic E-state index is 14.2. The van der Waals surface area contributed by atoms with Crippen LogP contribution in [0.4, 0.5) is 0 Å². The summed E-state index contributed by atoms with van der Waals surface area (Å²) in [5.41, 5.74) is 24.1. The summed E-state index contributed by atoms with van der Waals surface area (Å²) in [5, 5.41) is 36.4. The van der Waals surface area contributed by atoms with Crippen LogP contribution in [0, 0.1) is 23.7 Å². The predicted octanol–water partition coefficient (Wildman–Crippen LogP) is 0.120. The number of rotatable bonds is 43. The van der Waals surface area contributed by atoms with E-state index in [0.29, 0.717) is 63.6 Å². The summed E-state index contributed by atoms with van der Waals surface area (Å²) in [7, 11) is 0. The van der Waals surface area contributed by atoms with Gasteiger partial charge in [-0.1, -0.05) is 85.7 Å². The summed E-state index contributed by atoms with van der Waals surface area (Å²) in [6.45, 7) is 19.9. The highest BCUT2D eigenvalue weighted by atomic mass is 16.4. The molecule has 86 heavy (non-hydrogen) atoms. The van der Waals surface area contributed by atoms with Crippen LogP contribution in [0.3, 0.4) is 0 Å². The van der Waals surface area contributed by atoms with Crippen molar-refractivity contribution in [1.82, 2.24) is 53.2 Å². The Morgan fingerprint density at radius 1 is 0.349 bits per heavy atom. The van der Waals surface area contributed by atoms with Crippen LogP contribution in [0.25, 0.3) is 0 Å². The Bertz CT molecular complexity index is 2310. The second-order valence-corrected chi connectivity index (χ2v) is 24.1. The molecule has 0 fully saturated rings. The molecule has 11 atom stereocenters. The Balaban J connectivity index is 3.27. The second kappa shape index (κ2) is 41.3. The Kier molecular flexibility index (Phi) is 37.1. The molecule has 0 aromatic heterocycles. The maximum atomic E-state index is 14.2. The van der Waals surface area contributed by atoms with Gasteiger partial charge in [-0.3, -0.25) is 47.9 Å². The van der Waals surface area contributed by atoms with Gasteiger partial charge in [0.25, 0.3) is 0 Å². The molecule has 0 spiro atoms. The Morgan fingerprint density at radius 2 is 0.616 bits per heavy atom. The van der Waals surface area contributed by atoms with Crippen molar-refractivity contribution in [2.24, 2.45) is 46.6 Å². The standard InChI is InChI=1S/C60H106N14O12/c1-34(2)29-42(64)53(78)69-44(24-16-19-27-62)54(79)70-45(25-17-20-28-63)56(81)73-48(32-37(7)8)58(83)65-38(9)50(75)68-43(23-15-18-26-61)55(80)72-47(31-36(5)6)59(84)66-39(10)51(76)71-46(30-35(3)4)57(82)67-40(11)52(77)74-49(60(85)86)33-41-21-13-12-14-22-41/h12-14,21-22,34-40,42-49H,15-20,23-33,61-64H2,1-11H3,(H,65,83)(H,66,84)(H,67,82)(H,68,75)(H,69,78)(H,70,79)(H,71,76)(H,72,80)(H,73,81)(H,74,77)(H,85,86)/t38-,39-,40-,42-,43-,44-,45-,46-,47-,48-,49-/m0/s1. The zero-order valence-electron chi connectivity index (χ0n) is 52.8. The average molecular weight is 1220 g/mol. The molecule has 0 saturated carbocycles. The van der Waals surface area contributed by atoms with E-state index in [4.69, 9.17) is 22.9 Å². The van der Waals surface area contributed by atoms with Gasteiger partial charge in [-0.25, -0.2) is 4.79 Å². The van der Waals surface area contributed by atoms with Crippen LogP contribution in [0.2, 0.25) is 0 Å². The van der Waals surface area contributed by atoms with Gasteiger partial charge in [-0.2, -0.15) is 0 Å². The summed E-state index contributed by atoms with van der Waals surface area (Å²) in [6.07, 6.45) is 4.16. The minimum atomic E-state index is -1.28. The lowest BCUT2D eigenvalue weighted by molar-refractivity contribution is -0.142. The fraction of sp³-hybridized carbons (Fsp3) is 0.717. The molecule has 1 aromatic carbocycles. The van der Waals surface area contributed by atoms with Crippen molar-refractivity contribution in [3.05, 3.63) is 35.9 Å². The minimum Gasteiger partial charge on any atom is -0.480 e. The molecule has 0 radical (unpaired) electrons. The normalized spacial score (nSPS) is 15.2. The van der Waals surface area contributed by atoms with E-state index in [0.717, 1.165) is 0 Å². The number of amides is 10. The molecule has 26 nitrogen and oxygen atoms in total. The van der Waals surface area contributed by atoms with E-state index in [1.807, 2.05) is 55.4 Å². The van der Waals surface area contributed by atoms with Gasteiger partial charge in [-0.15, -0.1) is 0 Å². The van der Waals surface area contributed by atoms with Gasteiger partial charge < -0.3 is 81.2 Å². The van der Waals surface area contributed by atoms with E-state index in [-0.39, 0.29) is 75.2 Å². The summed E-state index contributed by atoms with van der Waals surface area (Å²) >= 11 is 0. The van der Waals surface area contributed by atoms with Gasteiger partial charge in [0.15, 0.2) is 0 Å². The zero-order valence-corrected chi connectivity index (χ0v) is 52.8. The van der Waals surface area contributed by atoms with Crippen molar-refractivity contribution in [3.63, 3.8) is 0 Å². The van der Waals surface area contributed by atoms with Gasteiger partial charge in [0.2, 0.25) is 59.1 Å². The average Bonchev–Trinajstić information content (AvgIpc) is 3.58. The molecule has 1 rings (SSSR count). The van der Waals surface area contributed by atoms with Crippen LogP contribution < -0.4 is 76.1 Å². The molecule has 0 unspecified atom stereocenters. The number of carbonyl (C=O) groups excluding carboxylic acids is 10. The molecule has 0 heterocycles. The van der Waals surface area contributed by atoms with E-state index in [2.05, 4.69) is 53.2 Å². The minimum absolute atomic E-state index is 0.000818. The molecule has 0 aliphatic carbocycles. The number of unbranched alkanes of at least 4 members (excludes halogenated alkanes) is 3. The molecule has 26 heteroatoms. The molecular weight excluding hydrogens is 1110 g/mol. The number of benzene rings is 1. The SMILES string of the molecule is CC(C)C[C@H](NC(=O)[C@H](C)NC(=O)[C@H](CC(C)C)NC(=O)[C@H](CCCCN)NC(=O)[C@H](C)NC(=O)[C@H](CC(C)C)NC(=O)[C@H](CCCCN)NC(=O)[C@H](CCCCN)NC(=O)[C@@H](N)CC(C)C)C(=O)N[C@@H](C)C(=O)N[C@@H](Cc1ccccc1)C(=O)O. The third-order valence-corrected chi connectivity index (χ3v) is 14.0. The molecule has 488 valence electrons. The topological polar surface area (TPSA) is 432 Å². The summed E-state index contributed by atoms with van der Waals surface area (Å²) in [4.78, 5) is 150. The number of hydrogen-bond donors (Lipinski definition) is 15. The van der Waals surface area contributed by atoms with Gasteiger partial charge in [0.1, 0.15) is 60.4 Å². The maximum Gasteiger partial charge on any atom is 0.326 e. The Labute approximate surface area is 509 Å².